The monoisotopic (exact) mass is 581 g/mol. The van der Waals surface area contributed by atoms with Crippen LogP contribution in [0.15, 0.2) is 77.7 Å². The van der Waals surface area contributed by atoms with Gasteiger partial charge in [-0.2, -0.15) is 0 Å². The number of rotatable bonds is 11. The lowest BCUT2D eigenvalue weighted by molar-refractivity contribution is -0.139. The number of hydrogen-bond donors (Lipinski definition) is 1. The maximum Gasteiger partial charge on any atom is 0.264 e. The number of amides is 2. The summed E-state index contributed by atoms with van der Waals surface area (Å²) in [5, 5.41) is 3.04. The Balaban J connectivity index is 1.67. The van der Waals surface area contributed by atoms with Gasteiger partial charge < -0.3 is 15.0 Å². The van der Waals surface area contributed by atoms with Crippen LogP contribution in [0.4, 0.5) is 10.1 Å². The van der Waals surface area contributed by atoms with Gasteiger partial charge in [0.25, 0.3) is 10.0 Å². The van der Waals surface area contributed by atoms with E-state index in [1.165, 1.54) is 29.2 Å². The second-order valence-electron chi connectivity index (χ2n) is 10.3. The van der Waals surface area contributed by atoms with Crippen LogP contribution in [0.25, 0.3) is 0 Å². The quantitative estimate of drug-likeness (QED) is 0.351. The number of benzene rings is 3. The lowest BCUT2D eigenvalue weighted by Gasteiger charge is -2.32. The Labute approximate surface area is 241 Å². The zero-order valence-corrected chi connectivity index (χ0v) is 24.4. The van der Waals surface area contributed by atoms with E-state index < -0.39 is 34.3 Å². The molecular formula is C31H36FN3O5S. The van der Waals surface area contributed by atoms with Gasteiger partial charge in [-0.3, -0.25) is 13.9 Å². The van der Waals surface area contributed by atoms with Crippen LogP contribution < -0.4 is 14.4 Å². The molecule has 0 radical (unpaired) electrons. The largest absolute Gasteiger partial charge is 0.497 e. The number of methoxy groups -OCH3 is 1. The maximum atomic E-state index is 14.0. The number of halogens is 1. The van der Waals surface area contributed by atoms with Crippen molar-refractivity contribution in [3.8, 4) is 5.75 Å². The smallest absolute Gasteiger partial charge is 0.264 e. The number of anilines is 1. The summed E-state index contributed by atoms with van der Waals surface area (Å²) in [5.74, 6) is -0.764. The highest BCUT2D eigenvalue weighted by molar-refractivity contribution is 7.92. The number of sulfonamides is 1. The van der Waals surface area contributed by atoms with E-state index in [4.69, 9.17) is 4.74 Å². The summed E-state index contributed by atoms with van der Waals surface area (Å²) in [6, 6.07) is 17.5. The van der Waals surface area contributed by atoms with Gasteiger partial charge in [0.2, 0.25) is 11.8 Å². The van der Waals surface area contributed by atoms with Crippen LogP contribution in [0.5, 0.6) is 5.75 Å². The fourth-order valence-corrected chi connectivity index (χ4v) is 6.29. The molecule has 0 aliphatic heterocycles. The van der Waals surface area contributed by atoms with E-state index in [0.717, 1.165) is 53.2 Å². The van der Waals surface area contributed by atoms with Crippen LogP contribution in [0.1, 0.15) is 43.7 Å². The van der Waals surface area contributed by atoms with Crippen molar-refractivity contribution < 1.29 is 27.1 Å². The molecule has 10 heteroatoms. The Kier molecular flexibility index (Phi) is 9.65. The molecule has 1 aliphatic carbocycles. The second-order valence-corrected chi connectivity index (χ2v) is 12.2. The van der Waals surface area contributed by atoms with Gasteiger partial charge in [-0.15, -0.1) is 0 Å². The minimum Gasteiger partial charge on any atom is -0.497 e. The summed E-state index contributed by atoms with van der Waals surface area (Å²) < 4.78 is 47.6. The summed E-state index contributed by atoms with van der Waals surface area (Å²) in [5.41, 5.74) is 1.75. The van der Waals surface area contributed by atoms with Gasteiger partial charge in [0.15, 0.2) is 0 Å². The van der Waals surface area contributed by atoms with Gasteiger partial charge in [-0.1, -0.05) is 42.7 Å². The van der Waals surface area contributed by atoms with E-state index in [9.17, 15) is 22.4 Å². The van der Waals surface area contributed by atoms with E-state index in [1.807, 2.05) is 6.92 Å². The molecule has 0 heterocycles. The summed E-state index contributed by atoms with van der Waals surface area (Å²) >= 11 is 0. The van der Waals surface area contributed by atoms with Crippen LogP contribution in [0.3, 0.4) is 0 Å². The summed E-state index contributed by atoms with van der Waals surface area (Å²) in [7, 11) is -2.66. The first-order chi connectivity index (χ1) is 19.6. The minimum atomic E-state index is -4.21. The summed E-state index contributed by atoms with van der Waals surface area (Å²) in [6.07, 6.45) is 3.85. The molecule has 218 valence electrons. The molecule has 3 aromatic rings. The molecule has 8 nitrogen and oxygen atoms in total. The molecule has 0 spiro atoms. The van der Waals surface area contributed by atoms with Gasteiger partial charge in [-0.05, 0) is 80.8 Å². The van der Waals surface area contributed by atoms with Crippen LogP contribution in [0.2, 0.25) is 0 Å². The van der Waals surface area contributed by atoms with Gasteiger partial charge in [0.05, 0.1) is 17.7 Å². The van der Waals surface area contributed by atoms with Gasteiger partial charge in [0.1, 0.15) is 24.2 Å². The van der Waals surface area contributed by atoms with Crippen molar-refractivity contribution in [3.05, 3.63) is 89.7 Å². The third kappa shape index (κ3) is 7.43. The van der Waals surface area contributed by atoms with Crippen LogP contribution in [-0.2, 0) is 26.2 Å². The van der Waals surface area contributed by atoms with Crippen molar-refractivity contribution in [1.29, 1.82) is 0 Å². The normalized spacial score (nSPS) is 14.3. The highest BCUT2D eigenvalue weighted by Gasteiger charge is 2.33. The molecule has 41 heavy (non-hydrogen) atoms. The Morgan fingerprint density at radius 2 is 1.59 bits per heavy atom. The number of nitrogens with zero attached hydrogens (tertiary/aromatic N) is 2. The van der Waals surface area contributed by atoms with E-state index >= 15 is 0 Å². The molecule has 4 rings (SSSR count). The average molecular weight is 582 g/mol. The minimum absolute atomic E-state index is 0.00560. The number of nitrogens with one attached hydrogen (secondary N) is 1. The highest BCUT2D eigenvalue weighted by atomic mass is 32.2. The number of carbonyl (C=O) groups excluding carboxylic acids is 2. The molecule has 0 saturated heterocycles. The number of aryl methyl sites for hydroxylation is 1. The molecular weight excluding hydrogens is 545 g/mol. The topological polar surface area (TPSA) is 96.0 Å². The Hall–Kier alpha value is -3.92. The van der Waals surface area contributed by atoms with Gasteiger partial charge in [-0.25, -0.2) is 12.8 Å². The Morgan fingerprint density at radius 1 is 0.976 bits per heavy atom. The van der Waals surface area contributed by atoms with Crippen molar-refractivity contribution in [1.82, 2.24) is 10.2 Å². The first-order valence-corrected chi connectivity index (χ1v) is 15.1. The molecule has 0 bridgehead atoms. The third-order valence-electron chi connectivity index (χ3n) is 7.38. The zero-order chi connectivity index (χ0) is 29.6. The predicted molar refractivity (Wildman–Crippen MR) is 156 cm³/mol. The van der Waals surface area contributed by atoms with Crippen molar-refractivity contribution in [2.75, 3.05) is 18.0 Å². The molecule has 1 fully saturated rings. The predicted octanol–water partition coefficient (Wildman–Crippen LogP) is 4.81. The Bertz CT molecular complexity index is 1440. The van der Waals surface area contributed by atoms with E-state index in [1.54, 1.807) is 50.4 Å². The van der Waals surface area contributed by atoms with Gasteiger partial charge in [0, 0.05) is 12.6 Å². The molecule has 3 aromatic carbocycles. The average Bonchev–Trinajstić information content (AvgIpc) is 3.48. The molecule has 1 saturated carbocycles. The molecule has 1 N–H and O–H groups in total. The van der Waals surface area contributed by atoms with Crippen LogP contribution in [-0.4, -0.2) is 50.9 Å². The van der Waals surface area contributed by atoms with Crippen molar-refractivity contribution >= 4 is 27.5 Å². The lowest BCUT2D eigenvalue weighted by Crippen LogP contribution is -2.52. The molecule has 0 unspecified atom stereocenters. The van der Waals surface area contributed by atoms with Gasteiger partial charge >= 0.3 is 0 Å². The van der Waals surface area contributed by atoms with E-state index in [-0.39, 0.29) is 29.1 Å². The zero-order valence-electron chi connectivity index (χ0n) is 23.5. The Morgan fingerprint density at radius 3 is 2.17 bits per heavy atom. The SMILES string of the molecule is COc1ccc(CN(C(=O)CN(c2ccc(F)cc2)S(=O)(=O)c2ccc(C)cc2)[C@@H](C)C(=O)NC2CCCC2)cc1. The molecule has 1 atom stereocenters. The maximum absolute atomic E-state index is 14.0. The molecule has 1 aliphatic rings. The first-order valence-electron chi connectivity index (χ1n) is 13.7. The number of hydrogen-bond acceptors (Lipinski definition) is 5. The first kappa shape index (κ1) is 30.0. The number of carbonyl (C=O) groups is 2. The lowest BCUT2D eigenvalue weighted by atomic mass is 10.1. The molecule has 0 aromatic heterocycles. The summed E-state index contributed by atoms with van der Waals surface area (Å²) in [6.45, 7) is 2.97. The summed E-state index contributed by atoms with van der Waals surface area (Å²) in [4.78, 5) is 28.6. The molecule has 2 amide bonds. The fraction of sp³-hybridized carbons (Fsp3) is 0.355. The van der Waals surface area contributed by atoms with Crippen molar-refractivity contribution in [2.45, 2.75) is 63.1 Å². The van der Waals surface area contributed by atoms with E-state index in [2.05, 4.69) is 5.32 Å². The van der Waals surface area contributed by atoms with Crippen LogP contribution >= 0.6 is 0 Å². The highest BCUT2D eigenvalue weighted by Crippen LogP contribution is 2.26. The van der Waals surface area contributed by atoms with E-state index in [0.29, 0.717) is 5.75 Å². The second kappa shape index (κ2) is 13.2. The fourth-order valence-electron chi connectivity index (χ4n) is 4.88. The standard InChI is InChI=1S/C31H36FN3O5S/c1-22-8-18-29(19-9-22)41(38,39)35(27-14-12-25(32)13-15-27)21-30(36)34(20-24-10-16-28(40-3)17-11-24)23(2)31(37)33-26-6-4-5-7-26/h8-19,23,26H,4-7,20-21H2,1-3H3,(H,33,37)/t23-/m0/s1. The third-order valence-corrected chi connectivity index (χ3v) is 9.17. The number of ether oxygens (including phenoxy) is 1. The van der Waals surface area contributed by atoms with Crippen LogP contribution in [0, 0.1) is 12.7 Å². The van der Waals surface area contributed by atoms with Crippen molar-refractivity contribution in [2.24, 2.45) is 0 Å². The van der Waals surface area contributed by atoms with Crippen molar-refractivity contribution in [3.63, 3.8) is 0 Å².